The number of hydrogen-bond acceptors (Lipinski definition) is 6. The second-order valence-corrected chi connectivity index (χ2v) is 13.4. The fourth-order valence-corrected chi connectivity index (χ4v) is 6.89. The molecule has 0 radical (unpaired) electrons. The van der Waals surface area contributed by atoms with E-state index in [1.807, 2.05) is 70.2 Å². The number of nitrogens with zero attached hydrogens (tertiary/aromatic N) is 1. The molecule has 248 valence electrons. The Balaban J connectivity index is 0.000000307. The molecule has 7 rings (SSSR count). The van der Waals surface area contributed by atoms with Gasteiger partial charge in [-0.2, -0.15) is 0 Å². The van der Waals surface area contributed by atoms with E-state index in [0.29, 0.717) is 23.1 Å². The Kier molecular flexibility index (Phi) is 9.48. The molecular weight excluding hydrogens is 606 g/mol. The van der Waals surface area contributed by atoms with Crippen LogP contribution in [0, 0.1) is 11.8 Å². The van der Waals surface area contributed by atoms with Crippen LogP contribution in [0.4, 0.5) is 0 Å². The lowest BCUT2D eigenvalue weighted by Gasteiger charge is -2.45. The van der Waals surface area contributed by atoms with Gasteiger partial charge in [0.15, 0.2) is 0 Å². The average molecular weight is 648 g/mol. The normalized spacial score (nSPS) is 18.5. The first-order valence-corrected chi connectivity index (χ1v) is 16.5. The third-order valence-corrected chi connectivity index (χ3v) is 9.07. The number of rotatable bonds is 8. The molecule has 3 atom stereocenters. The summed E-state index contributed by atoms with van der Waals surface area (Å²) in [6, 6.07) is 20.2. The summed E-state index contributed by atoms with van der Waals surface area (Å²) in [6.07, 6.45) is 5.95. The average Bonchev–Trinajstić information content (AvgIpc) is 3.83. The molecule has 9 nitrogen and oxygen atoms in total. The van der Waals surface area contributed by atoms with Crippen LogP contribution >= 0.6 is 0 Å². The lowest BCUT2D eigenvalue weighted by atomic mass is 9.87. The van der Waals surface area contributed by atoms with E-state index in [2.05, 4.69) is 22.8 Å². The molecule has 0 unspecified atom stereocenters. The molecule has 9 heteroatoms. The Morgan fingerprint density at radius 3 is 2.12 bits per heavy atom. The molecule has 0 bridgehead atoms. The maximum absolute atomic E-state index is 14.3. The number of furan rings is 2. The third-order valence-electron chi connectivity index (χ3n) is 9.07. The van der Waals surface area contributed by atoms with Gasteiger partial charge in [0.2, 0.25) is 17.7 Å². The molecule has 3 heterocycles. The lowest BCUT2D eigenvalue weighted by molar-refractivity contribution is -0.158. The van der Waals surface area contributed by atoms with Crippen molar-refractivity contribution in [2.24, 2.45) is 11.8 Å². The number of fused-ring (bicyclic) bond motifs is 3. The maximum Gasteiger partial charge on any atom is 0.247 e. The zero-order valence-corrected chi connectivity index (χ0v) is 27.6. The first kappa shape index (κ1) is 32.7. The van der Waals surface area contributed by atoms with E-state index >= 15 is 0 Å². The number of carbonyl (C=O) groups is 4. The smallest absolute Gasteiger partial charge is 0.247 e. The fourth-order valence-electron chi connectivity index (χ4n) is 6.89. The Morgan fingerprint density at radius 2 is 1.52 bits per heavy atom. The molecule has 2 aliphatic rings. The van der Waals surface area contributed by atoms with Gasteiger partial charge >= 0.3 is 0 Å². The number of piperazine rings is 1. The van der Waals surface area contributed by atoms with E-state index in [0.717, 1.165) is 35.5 Å². The predicted octanol–water partition coefficient (Wildman–Crippen LogP) is 6.40. The van der Waals surface area contributed by atoms with Gasteiger partial charge in [-0.1, -0.05) is 44.2 Å². The van der Waals surface area contributed by atoms with E-state index in [1.165, 1.54) is 11.1 Å². The van der Waals surface area contributed by atoms with Crippen molar-refractivity contribution >= 4 is 45.9 Å². The predicted molar refractivity (Wildman–Crippen MR) is 183 cm³/mol. The molecule has 48 heavy (non-hydrogen) atoms. The van der Waals surface area contributed by atoms with Crippen molar-refractivity contribution in [3.63, 3.8) is 0 Å². The molecule has 1 aliphatic carbocycles. The monoisotopic (exact) mass is 647 g/mol. The summed E-state index contributed by atoms with van der Waals surface area (Å²) in [5.74, 6) is -0.576. The SMILES string of the molecule is CC(C)C[C@@H]1C(=O)N[C@H](C2Cc3ccccc3C2)C(=O)N1[C@@H](C(=O)NC(C)C)c1ccc2occc2c1.O=Cc1ccc2occc2c1. The number of aldehydes is 1. The Bertz CT molecular complexity index is 1930. The van der Waals surface area contributed by atoms with Crippen LogP contribution in [0.2, 0.25) is 0 Å². The summed E-state index contributed by atoms with van der Waals surface area (Å²) in [5, 5.41) is 7.88. The topological polar surface area (TPSA) is 122 Å². The summed E-state index contributed by atoms with van der Waals surface area (Å²) in [7, 11) is 0. The van der Waals surface area contributed by atoms with Gasteiger partial charge in [-0.15, -0.1) is 0 Å². The molecule has 0 spiro atoms. The van der Waals surface area contributed by atoms with E-state index in [4.69, 9.17) is 8.83 Å². The van der Waals surface area contributed by atoms with Crippen molar-refractivity contribution in [2.75, 3.05) is 0 Å². The number of hydrogen-bond donors (Lipinski definition) is 2. The van der Waals surface area contributed by atoms with Crippen molar-refractivity contribution < 1.29 is 28.0 Å². The quantitative estimate of drug-likeness (QED) is 0.188. The van der Waals surface area contributed by atoms with Crippen LogP contribution in [0.3, 0.4) is 0 Å². The molecule has 1 fully saturated rings. The summed E-state index contributed by atoms with van der Waals surface area (Å²) in [4.78, 5) is 53.6. The maximum atomic E-state index is 14.3. The fraction of sp³-hybridized carbons (Fsp3) is 0.333. The third kappa shape index (κ3) is 6.76. The van der Waals surface area contributed by atoms with Crippen molar-refractivity contribution in [1.29, 1.82) is 0 Å². The first-order valence-electron chi connectivity index (χ1n) is 16.5. The van der Waals surface area contributed by atoms with Crippen LogP contribution in [0.5, 0.6) is 0 Å². The molecule has 2 N–H and O–H groups in total. The highest BCUT2D eigenvalue weighted by molar-refractivity contribution is 6.00. The molecule has 2 aromatic heterocycles. The standard InChI is InChI=1S/C30H35N3O4.C9H6O2/c1-17(2)13-24-28(34)32-26(23-14-19-7-5-6-8-20(19)15-23)30(36)33(24)27(29(35)31-18(3)4)22-9-10-25-21(16-22)11-12-37-25;10-6-7-1-2-9-8(5-7)3-4-11-9/h5-12,16-18,23-24,26-27H,13-15H2,1-4H3,(H,31,35)(H,32,34);1-6H/t24-,26-,27-;/m1./s1. The Morgan fingerprint density at radius 1 is 0.896 bits per heavy atom. The van der Waals surface area contributed by atoms with Crippen molar-refractivity contribution in [3.8, 4) is 0 Å². The lowest BCUT2D eigenvalue weighted by Crippen LogP contribution is -2.67. The van der Waals surface area contributed by atoms with Gasteiger partial charge in [-0.3, -0.25) is 19.2 Å². The van der Waals surface area contributed by atoms with Gasteiger partial charge in [-0.25, -0.2) is 0 Å². The van der Waals surface area contributed by atoms with Crippen LogP contribution in [0.25, 0.3) is 21.9 Å². The molecule has 3 aromatic carbocycles. The van der Waals surface area contributed by atoms with Gasteiger partial charge in [0.25, 0.3) is 0 Å². The van der Waals surface area contributed by atoms with Gasteiger partial charge in [0.1, 0.15) is 35.6 Å². The zero-order chi connectivity index (χ0) is 33.9. The summed E-state index contributed by atoms with van der Waals surface area (Å²) >= 11 is 0. The minimum absolute atomic E-state index is 0.0542. The minimum Gasteiger partial charge on any atom is -0.464 e. The van der Waals surface area contributed by atoms with Gasteiger partial charge in [-0.05, 0) is 104 Å². The molecule has 5 aromatic rings. The molecule has 0 saturated carbocycles. The Hall–Kier alpha value is -5.18. The van der Waals surface area contributed by atoms with E-state index in [-0.39, 0.29) is 35.6 Å². The number of nitrogens with one attached hydrogen (secondary N) is 2. The van der Waals surface area contributed by atoms with Crippen molar-refractivity contribution in [1.82, 2.24) is 15.5 Å². The number of carbonyl (C=O) groups excluding carboxylic acids is 4. The largest absolute Gasteiger partial charge is 0.464 e. The van der Waals surface area contributed by atoms with Crippen molar-refractivity contribution in [2.45, 2.75) is 71.1 Å². The first-order chi connectivity index (χ1) is 23.1. The van der Waals surface area contributed by atoms with E-state index in [1.54, 1.807) is 35.6 Å². The minimum atomic E-state index is -0.935. The number of benzene rings is 3. The van der Waals surface area contributed by atoms with Crippen LogP contribution < -0.4 is 10.6 Å². The highest BCUT2D eigenvalue weighted by atomic mass is 16.3. The zero-order valence-electron chi connectivity index (χ0n) is 27.6. The van der Waals surface area contributed by atoms with Gasteiger partial charge < -0.3 is 24.4 Å². The van der Waals surface area contributed by atoms with Gasteiger partial charge in [0, 0.05) is 22.4 Å². The summed E-state index contributed by atoms with van der Waals surface area (Å²) < 4.78 is 10.6. The van der Waals surface area contributed by atoms with Crippen LogP contribution in [0.1, 0.15) is 67.2 Å². The highest BCUT2D eigenvalue weighted by Gasteiger charge is 2.49. The van der Waals surface area contributed by atoms with Crippen LogP contribution in [0.15, 0.2) is 94.2 Å². The molecule has 1 saturated heterocycles. The van der Waals surface area contributed by atoms with E-state index < -0.39 is 18.1 Å². The summed E-state index contributed by atoms with van der Waals surface area (Å²) in [6.45, 7) is 7.83. The second-order valence-electron chi connectivity index (χ2n) is 13.4. The van der Waals surface area contributed by atoms with Crippen LogP contribution in [-0.2, 0) is 27.2 Å². The molecule has 1 aliphatic heterocycles. The summed E-state index contributed by atoms with van der Waals surface area (Å²) in [5.41, 5.74) is 5.29. The van der Waals surface area contributed by atoms with Crippen molar-refractivity contribution in [3.05, 3.63) is 108 Å². The number of amides is 3. The second kappa shape index (κ2) is 13.9. The van der Waals surface area contributed by atoms with Crippen LogP contribution in [-0.4, -0.2) is 47.0 Å². The van der Waals surface area contributed by atoms with Gasteiger partial charge in [0.05, 0.1) is 12.5 Å². The molecule has 3 amide bonds. The Labute approximate surface area is 279 Å². The highest BCUT2D eigenvalue weighted by Crippen LogP contribution is 2.36. The molecular formula is C39H41N3O6. The van der Waals surface area contributed by atoms with E-state index in [9.17, 15) is 19.2 Å².